The topological polar surface area (TPSA) is 72.8 Å². The molecule has 0 radical (unpaired) electrons. The Morgan fingerprint density at radius 2 is 0.614 bits per heavy atom. The third-order valence-electron chi connectivity index (χ3n) is 12.6. The molecule has 0 saturated heterocycles. The highest BCUT2D eigenvalue weighted by molar-refractivity contribution is 5.70. The maximum atomic E-state index is 12.3. The number of carbonyl (C=O) groups is 2. The zero-order chi connectivity index (χ0) is 50.6. The minimum atomic E-state index is -0.797. The van der Waals surface area contributed by atoms with Crippen LogP contribution in [0.2, 0.25) is 0 Å². The summed E-state index contributed by atoms with van der Waals surface area (Å²) in [6.45, 7) is 4.00. The summed E-state index contributed by atoms with van der Waals surface area (Å²) in [4.78, 5) is 24.5. The molecular formula is C65H110O5. The van der Waals surface area contributed by atoms with Gasteiger partial charge < -0.3 is 14.6 Å². The van der Waals surface area contributed by atoms with Gasteiger partial charge in [0.25, 0.3) is 0 Å². The second-order valence-corrected chi connectivity index (χ2v) is 19.3. The summed E-state index contributed by atoms with van der Waals surface area (Å²) >= 11 is 0. The van der Waals surface area contributed by atoms with Crippen LogP contribution >= 0.6 is 0 Å². The van der Waals surface area contributed by atoms with Crippen molar-refractivity contribution < 1.29 is 24.2 Å². The zero-order valence-electron chi connectivity index (χ0n) is 45.7. The largest absolute Gasteiger partial charge is 0.462 e. The van der Waals surface area contributed by atoms with Crippen LogP contribution in [-0.4, -0.2) is 36.4 Å². The predicted octanol–water partition coefficient (Wildman–Crippen LogP) is 20.1. The average Bonchev–Trinajstić information content (AvgIpc) is 3.36. The molecule has 0 aromatic heterocycles. The highest BCUT2D eigenvalue weighted by Crippen LogP contribution is 2.16. The van der Waals surface area contributed by atoms with Crippen LogP contribution in [-0.2, 0) is 19.1 Å². The number of rotatable bonds is 53. The van der Waals surface area contributed by atoms with Gasteiger partial charge in [-0.1, -0.05) is 264 Å². The highest BCUT2D eigenvalue weighted by Gasteiger charge is 2.16. The molecule has 0 spiro atoms. The van der Waals surface area contributed by atoms with Crippen molar-refractivity contribution in [2.24, 2.45) is 0 Å². The molecule has 0 aliphatic rings. The lowest BCUT2D eigenvalue weighted by Crippen LogP contribution is -2.28. The Bertz CT molecular complexity index is 1380. The lowest BCUT2D eigenvalue weighted by atomic mass is 10.0. The van der Waals surface area contributed by atoms with Crippen LogP contribution in [0.5, 0.6) is 0 Å². The Morgan fingerprint density at radius 1 is 0.343 bits per heavy atom. The third kappa shape index (κ3) is 57.1. The van der Waals surface area contributed by atoms with Crippen molar-refractivity contribution in [1.82, 2.24) is 0 Å². The molecule has 0 saturated carbocycles. The molecule has 0 bridgehead atoms. The van der Waals surface area contributed by atoms with Crippen molar-refractivity contribution >= 4 is 11.9 Å². The molecular weight excluding hydrogens is 861 g/mol. The second-order valence-electron chi connectivity index (χ2n) is 19.3. The molecule has 0 aliphatic carbocycles. The van der Waals surface area contributed by atoms with Gasteiger partial charge in [0.15, 0.2) is 6.10 Å². The standard InChI is InChI=1S/C65H110O5/c1-3-5-7-9-11-13-15-17-19-21-23-25-27-29-30-31-32-33-34-36-37-39-41-43-45-47-49-51-53-55-57-59-64(67)69-62-63(61-66)70-65(68)60-58-56-54-52-50-48-46-44-42-40-38-35-28-26-24-22-20-18-16-14-12-10-8-6-4-2/h6,8,12,14-15,17-18,20-21,23-24,26,35,38,42,44,48,50,63,66H,3-5,7,9-11,13,16,19,22,25,27-34,36-37,39-41,43,45-47,49,51-62H2,1-2H3/b8-6-,14-12-,17-15-,20-18-,23-21-,26-24-,38-35-,44-42-,50-48-. The molecule has 5 nitrogen and oxygen atoms in total. The summed E-state index contributed by atoms with van der Waals surface area (Å²) in [7, 11) is 0. The third-order valence-corrected chi connectivity index (χ3v) is 12.6. The number of allylic oxidation sites excluding steroid dienone is 18. The lowest BCUT2D eigenvalue weighted by molar-refractivity contribution is -0.161. The first-order valence-corrected chi connectivity index (χ1v) is 29.4. The minimum absolute atomic E-state index is 0.0839. The maximum Gasteiger partial charge on any atom is 0.306 e. The van der Waals surface area contributed by atoms with Crippen molar-refractivity contribution in [3.63, 3.8) is 0 Å². The van der Waals surface area contributed by atoms with E-state index in [1.54, 1.807) is 0 Å². The first kappa shape index (κ1) is 66.6. The van der Waals surface area contributed by atoms with Gasteiger partial charge in [0, 0.05) is 12.8 Å². The Labute approximate surface area is 433 Å². The summed E-state index contributed by atoms with van der Waals surface area (Å²) in [6, 6.07) is 0. The van der Waals surface area contributed by atoms with E-state index >= 15 is 0 Å². The molecule has 0 heterocycles. The van der Waals surface area contributed by atoms with Gasteiger partial charge in [-0.25, -0.2) is 0 Å². The van der Waals surface area contributed by atoms with Crippen molar-refractivity contribution in [3.8, 4) is 0 Å². The SMILES string of the molecule is CC/C=C\C/C=C\C/C=C\C/C=C\C/C=C\C/C=C\C/C=C\CCCCCC(=O)OC(CO)COC(=O)CCCCCCCCCCCCCCCCCCCCC/C=C\C/C=C\CCCCCCC. The van der Waals surface area contributed by atoms with Crippen molar-refractivity contribution in [3.05, 3.63) is 109 Å². The predicted molar refractivity (Wildman–Crippen MR) is 306 cm³/mol. The fourth-order valence-electron chi connectivity index (χ4n) is 8.15. The summed E-state index contributed by atoms with van der Waals surface area (Å²) in [5.41, 5.74) is 0. The zero-order valence-corrected chi connectivity index (χ0v) is 45.7. The smallest absolute Gasteiger partial charge is 0.306 e. The van der Waals surface area contributed by atoms with E-state index in [1.165, 1.54) is 148 Å². The molecule has 0 aromatic carbocycles. The number of unbranched alkanes of at least 4 members (excludes halogenated alkanes) is 27. The highest BCUT2D eigenvalue weighted by atomic mass is 16.6. The molecule has 70 heavy (non-hydrogen) atoms. The van der Waals surface area contributed by atoms with Crippen LogP contribution in [0, 0.1) is 0 Å². The van der Waals surface area contributed by atoms with Crippen LogP contribution < -0.4 is 0 Å². The molecule has 1 N–H and O–H groups in total. The van der Waals surface area contributed by atoms with Crippen LogP contribution in [0.15, 0.2) is 109 Å². The van der Waals surface area contributed by atoms with Gasteiger partial charge in [-0.05, 0) is 103 Å². The van der Waals surface area contributed by atoms with E-state index in [-0.39, 0.29) is 25.2 Å². The Morgan fingerprint density at radius 3 is 0.943 bits per heavy atom. The van der Waals surface area contributed by atoms with Crippen LogP contribution in [0.3, 0.4) is 0 Å². The molecule has 0 aromatic rings. The summed E-state index contributed by atoms with van der Waals surface area (Å²) in [5.74, 6) is -0.627. The van der Waals surface area contributed by atoms with E-state index in [0.717, 1.165) is 96.3 Å². The van der Waals surface area contributed by atoms with Crippen LogP contribution in [0.4, 0.5) is 0 Å². The first-order chi connectivity index (χ1) is 34.6. The number of aliphatic hydroxyl groups is 1. The van der Waals surface area contributed by atoms with Gasteiger partial charge >= 0.3 is 11.9 Å². The van der Waals surface area contributed by atoms with Gasteiger partial charge in [0.2, 0.25) is 0 Å². The second kappa shape index (κ2) is 59.9. The summed E-state index contributed by atoms with van der Waals surface area (Å²) in [5, 5.41) is 9.66. The van der Waals surface area contributed by atoms with Crippen LogP contribution in [0.1, 0.15) is 271 Å². The van der Waals surface area contributed by atoms with Gasteiger partial charge in [-0.15, -0.1) is 0 Å². The van der Waals surface area contributed by atoms with E-state index in [4.69, 9.17) is 9.47 Å². The quantitative estimate of drug-likeness (QED) is 0.0373. The van der Waals surface area contributed by atoms with Crippen LogP contribution in [0.25, 0.3) is 0 Å². The summed E-state index contributed by atoms with van der Waals surface area (Å²) in [6.07, 6.45) is 86.4. The van der Waals surface area contributed by atoms with Gasteiger partial charge in [-0.2, -0.15) is 0 Å². The monoisotopic (exact) mass is 971 g/mol. The molecule has 0 amide bonds. The summed E-state index contributed by atoms with van der Waals surface area (Å²) < 4.78 is 10.7. The maximum absolute atomic E-state index is 12.3. The first-order valence-electron chi connectivity index (χ1n) is 29.4. The van der Waals surface area contributed by atoms with E-state index in [1.807, 2.05) is 0 Å². The Kier molecular flexibility index (Phi) is 56.9. The minimum Gasteiger partial charge on any atom is -0.462 e. The number of carbonyl (C=O) groups excluding carboxylic acids is 2. The number of ether oxygens (including phenoxy) is 2. The molecule has 0 fully saturated rings. The average molecular weight is 972 g/mol. The fourth-order valence-corrected chi connectivity index (χ4v) is 8.15. The molecule has 400 valence electrons. The van der Waals surface area contributed by atoms with Gasteiger partial charge in [-0.3, -0.25) is 9.59 Å². The Balaban J connectivity index is 3.54. The van der Waals surface area contributed by atoms with Gasteiger partial charge in [0.1, 0.15) is 6.61 Å². The normalized spacial score (nSPS) is 13.0. The van der Waals surface area contributed by atoms with Crippen molar-refractivity contribution in [2.45, 2.75) is 277 Å². The lowest BCUT2D eigenvalue weighted by Gasteiger charge is -2.15. The molecule has 1 unspecified atom stereocenters. The number of hydrogen-bond acceptors (Lipinski definition) is 5. The molecule has 5 heteroatoms. The number of hydrogen-bond donors (Lipinski definition) is 1. The van der Waals surface area contributed by atoms with E-state index in [0.29, 0.717) is 12.8 Å². The number of esters is 2. The Hall–Kier alpha value is -3.44. The van der Waals surface area contributed by atoms with Gasteiger partial charge in [0.05, 0.1) is 6.61 Å². The van der Waals surface area contributed by atoms with E-state index in [9.17, 15) is 14.7 Å². The molecule has 0 rings (SSSR count). The number of aliphatic hydroxyl groups excluding tert-OH is 1. The van der Waals surface area contributed by atoms with E-state index < -0.39 is 6.10 Å². The van der Waals surface area contributed by atoms with Crippen molar-refractivity contribution in [2.75, 3.05) is 13.2 Å². The fraction of sp³-hybridized carbons (Fsp3) is 0.692. The molecule has 1 atom stereocenters. The van der Waals surface area contributed by atoms with Crippen molar-refractivity contribution in [1.29, 1.82) is 0 Å². The molecule has 0 aliphatic heterocycles. The van der Waals surface area contributed by atoms with E-state index in [2.05, 4.69) is 123 Å².